The third kappa shape index (κ3) is 0.944. The monoisotopic (exact) mass is 250 g/mol. The molecule has 0 fully saturated rings. The highest BCUT2D eigenvalue weighted by Gasteiger charge is 2.25. The number of benzene rings is 1. The molecule has 1 aliphatic carbocycles. The molecule has 1 heterocycles. The Morgan fingerprint density at radius 1 is 1.43 bits per heavy atom. The summed E-state index contributed by atoms with van der Waals surface area (Å²) in [4.78, 5) is 4.16. The Morgan fingerprint density at radius 3 is 3.14 bits per heavy atom. The number of halogens is 1. The zero-order chi connectivity index (χ0) is 9.71. The fourth-order valence-electron chi connectivity index (χ4n) is 1.82. The number of hydrogen-bond acceptors (Lipinski definition) is 3. The zero-order valence-corrected chi connectivity index (χ0v) is 8.84. The molecule has 1 aromatic heterocycles. The highest BCUT2D eigenvalue weighted by atomic mass is 79.9. The van der Waals surface area contributed by atoms with E-state index in [0.29, 0.717) is 0 Å². The van der Waals surface area contributed by atoms with Crippen LogP contribution in [-0.4, -0.2) is 4.98 Å². The predicted molar refractivity (Wildman–Crippen MR) is 56.9 cm³/mol. The predicted octanol–water partition coefficient (Wildman–Crippen LogP) is 2.59. The molecule has 2 aromatic rings. The molecule has 0 saturated heterocycles. The Morgan fingerprint density at radius 2 is 2.29 bits per heavy atom. The van der Waals surface area contributed by atoms with Crippen molar-refractivity contribution in [2.75, 3.05) is 5.73 Å². The lowest BCUT2D eigenvalue weighted by molar-refractivity contribution is 0.538. The summed E-state index contributed by atoms with van der Waals surface area (Å²) in [5, 5.41) is 0. The van der Waals surface area contributed by atoms with Gasteiger partial charge in [-0.05, 0) is 11.6 Å². The minimum atomic E-state index is 0.251. The maximum atomic E-state index is 5.49. The molecule has 0 radical (unpaired) electrons. The number of oxazole rings is 1. The molecule has 0 atom stereocenters. The van der Waals surface area contributed by atoms with Crippen molar-refractivity contribution in [3.05, 3.63) is 34.0 Å². The molecule has 0 saturated carbocycles. The quantitative estimate of drug-likeness (QED) is 0.668. The van der Waals surface area contributed by atoms with Crippen molar-refractivity contribution in [3.63, 3.8) is 0 Å². The van der Waals surface area contributed by atoms with Crippen molar-refractivity contribution < 1.29 is 4.42 Å². The van der Waals surface area contributed by atoms with Gasteiger partial charge in [0.15, 0.2) is 0 Å². The molecule has 70 valence electrons. The summed E-state index contributed by atoms with van der Waals surface area (Å²) >= 11 is 3.51. The SMILES string of the molecule is Nc1nc2c(o1)Cc1c(Br)cccc1-2. The normalized spacial score (nSPS) is 12.6. The first-order valence-electron chi connectivity index (χ1n) is 4.28. The fourth-order valence-corrected chi connectivity index (χ4v) is 2.33. The van der Waals surface area contributed by atoms with Gasteiger partial charge in [-0.2, -0.15) is 4.98 Å². The number of aromatic nitrogens is 1. The first-order chi connectivity index (χ1) is 6.75. The molecular formula is C10H7BrN2O. The van der Waals surface area contributed by atoms with E-state index in [1.807, 2.05) is 18.2 Å². The Balaban J connectivity index is 2.30. The molecule has 0 bridgehead atoms. The fraction of sp³-hybridized carbons (Fsp3) is 0.100. The molecule has 3 rings (SSSR count). The van der Waals surface area contributed by atoms with E-state index < -0.39 is 0 Å². The summed E-state index contributed by atoms with van der Waals surface area (Å²) < 4.78 is 6.41. The Labute approximate surface area is 89.1 Å². The van der Waals surface area contributed by atoms with E-state index in [0.717, 1.165) is 27.9 Å². The molecule has 4 heteroatoms. The maximum Gasteiger partial charge on any atom is 0.292 e. The lowest BCUT2D eigenvalue weighted by Crippen LogP contribution is -1.86. The number of anilines is 1. The minimum Gasteiger partial charge on any atom is -0.428 e. The molecule has 0 amide bonds. The largest absolute Gasteiger partial charge is 0.428 e. The van der Waals surface area contributed by atoms with Crippen LogP contribution in [0.15, 0.2) is 27.1 Å². The van der Waals surface area contributed by atoms with E-state index in [9.17, 15) is 0 Å². The number of hydrogen-bond donors (Lipinski definition) is 1. The van der Waals surface area contributed by atoms with Gasteiger partial charge in [0.25, 0.3) is 6.01 Å². The van der Waals surface area contributed by atoms with Gasteiger partial charge in [-0.1, -0.05) is 28.1 Å². The smallest absolute Gasteiger partial charge is 0.292 e. The second kappa shape index (κ2) is 2.60. The molecular weight excluding hydrogens is 244 g/mol. The van der Waals surface area contributed by atoms with E-state index in [-0.39, 0.29) is 6.01 Å². The van der Waals surface area contributed by atoms with Gasteiger partial charge >= 0.3 is 0 Å². The number of fused-ring (bicyclic) bond motifs is 3. The number of nitrogens with two attached hydrogens (primary N) is 1. The van der Waals surface area contributed by atoms with Crippen LogP contribution in [0.5, 0.6) is 0 Å². The van der Waals surface area contributed by atoms with Crippen LogP contribution in [0.2, 0.25) is 0 Å². The average Bonchev–Trinajstić information content (AvgIpc) is 2.63. The highest BCUT2D eigenvalue weighted by Crippen LogP contribution is 2.40. The Hall–Kier alpha value is -1.29. The summed E-state index contributed by atoms with van der Waals surface area (Å²) in [7, 11) is 0. The third-order valence-electron chi connectivity index (χ3n) is 2.43. The molecule has 0 unspecified atom stereocenters. The molecule has 1 aromatic carbocycles. The number of nitrogen functional groups attached to an aromatic ring is 1. The molecule has 1 aliphatic rings. The van der Waals surface area contributed by atoms with Crippen molar-refractivity contribution in [1.82, 2.24) is 4.98 Å². The van der Waals surface area contributed by atoms with Crippen molar-refractivity contribution in [1.29, 1.82) is 0 Å². The summed E-state index contributed by atoms with van der Waals surface area (Å²) in [5.41, 5.74) is 8.73. The molecule has 2 N–H and O–H groups in total. The van der Waals surface area contributed by atoms with Crippen LogP contribution in [0, 0.1) is 0 Å². The zero-order valence-electron chi connectivity index (χ0n) is 7.25. The molecule has 14 heavy (non-hydrogen) atoms. The van der Waals surface area contributed by atoms with Gasteiger partial charge in [0.1, 0.15) is 11.5 Å². The topological polar surface area (TPSA) is 52.0 Å². The van der Waals surface area contributed by atoms with Crippen LogP contribution in [0.1, 0.15) is 11.3 Å². The summed E-state index contributed by atoms with van der Waals surface area (Å²) in [6.45, 7) is 0. The number of rotatable bonds is 0. The lowest BCUT2D eigenvalue weighted by atomic mass is 10.1. The average molecular weight is 251 g/mol. The highest BCUT2D eigenvalue weighted by molar-refractivity contribution is 9.10. The van der Waals surface area contributed by atoms with E-state index in [1.165, 1.54) is 5.56 Å². The molecule has 0 aliphatic heterocycles. The van der Waals surface area contributed by atoms with Gasteiger partial charge in [-0.3, -0.25) is 0 Å². The second-order valence-corrected chi connectivity index (χ2v) is 4.12. The summed E-state index contributed by atoms with van der Waals surface area (Å²) in [6, 6.07) is 6.30. The van der Waals surface area contributed by atoms with E-state index >= 15 is 0 Å². The van der Waals surface area contributed by atoms with Crippen LogP contribution >= 0.6 is 15.9 Å². The van der Waals surface area contributed by atoms with Gasteiger partial charge < -0.3 is 10.2 Å². The van der Waals surface area contributed by atoms with E-state index in [2.05, 4.69) is 20.9 Å². The number of nitrogens with zero attached hydrogens (tertiary/aromatic N) is 1. The Bertz CT molecular complexity index is 519. The lowest BCUT2D eigenvalue weighted by Gasteiger charge is -2.00. The standard InChI is InChI=1S/C10H7BrN2O/c11-7-3-1-2-5-6(7)4-8-9(5)13-10(12)14-8/h1-3H,4H2,(H2,12,13). The first kappa shape index (κ1) is 8.05. The van der Waals surface area contributed by atoms with Crippen molar-refractivity contribution in [3.8, 4) is 11.3 Å². The molecule has 0 spiro atoms. The maximum absolute atomic E-state index is 5.49. The third-order valence-corrected chi connectivity index (χ3v) is 3.17. The Kier molecular flexibility index (Phi) is 1.50. The van der Waals surface area contributed by atoms with Gasteiger partial charge in [0.05, 0.1) is 0 Å². The van der Waals surface area contributed by atoms with Crippen LogP contribution in [0.3, 0.4) is 0 Å². The van der Waals surface area contributed by atoms with Gasteiger partial charge in [0, 0.05) is 16.5 Å². The van der Waals surface area contributed by atoms with Crippen LogP contribution < -0.4 is 5.73 Å². The van der Waals surface area contributed by atoms with Gasteiger partial charge in [-0.15, -0.1) is 0 Å². The summed E-state index contributed by atoms with van der Waals surface area (Å²) in [5.74, 6) is 0.865. The summed E-state index contributed by atoms with van der Waals surface area (Å²) in [6.07, 6.45) is 0.774. The van der Waals surface area contributed by atoms with Crippen LogP contribution in [-0.2, 0) is 6.42 Å². The van der Waals surface area contributed by atoms with Crippen molar-refractivity contribution in [2.24, 2.45) is 0 Å². The van der Waals surface area contributed by atoms with Crippen molar-refractivity contribution in [2.45, 2.75) is 6.42 Å². The van der Waals surface area contributed by atoms with Crippen LogP contribution in [0.25, 0.3) is 11.3 Å². The molecule has 3 nitrogen and oxygen atoms in total. The van der Waals surface area contributed by atoms with Crippen LogP contribution in [0.4, 0.5) is 6.01 Å². The van der Waals surface area contributed by atoms with E-state index in [1.54, 1.807) is 0 Å². The van der Waals surface area contributed by atoms with Gasteiger partial charge in [-0.25, -0.2) is 0 Å². The first-order valence-corrected chi connectivity index (χ1v) is 5.08. The minimum absolute atomic E-state index is 0.251. The van der Waals surface area contributed by atoms with Crippen molar-refractivity contribution >= 4 is 21.9 Å². The van der Waals surface area contributed by atoms with Gasteiger partial charge in [0.2, 0.25) is 0 Å². The second-order valence-electron chi connectivity index (χ2n) is 3.27. The van der Waals surface area contributed by atoms with E-state index in [4.69, 9.17) is 10.2 Å².